The van der Waals surface area contributed by atoms with E-state index in [-0.39, 0.29) is 23.5 Å². The molecule has 1 aliphatic heterocycles. The van der Waals surface area contributed by atoms with E-state index in [9.17, 15) is 13.2 Å². The summed E-state index contributed by atoms with van der Waals surface area (Å²) in [5, 5.41) is 3.08. The molecule has 1 amide bonds. The summed E-state index contributed by atoms with van der Waals surface area (Å²) in [5.41, 5.74) is 0. The Hall–Kier alpha value is -1.45. The Kier molecular flexibility index (Phi) is 4.41. The molecule has 0 aromatic carbocycles. The van der Waals surface area contributed by atoms with Gasteiger partial charge in [-0.3, -0.25) is 4.79 Å². The fourth-order valence-corrected chi connectivity index (χ4v) is 3.01. The first kappa shape index (κ1) is 14.9. The average molecular weight is 301 g/mol. The minimum atomic E-state index is -3.74. The molecule has 20 heavy (non-hydrogen) atoms. The molecule has 0 spiro atoms. The highest BCUT2D eigenvalue weighted by molar-refractivity contribution is 7.89. The van der Waals surface area contributed by atoms with Crippen molar-refractivity contribution in [3.63, 3.8) is 0 Å². The SMILES string of the molecule is CN(C(=O)CNS(=O)(=O)c1cn(C)cn1)C1CCNC1. The number of likely N-dealkylation sites (N-methyl/N-ethyl adjacent to an activating group) is 1. The summed E-state index contributed by atoms with van der Waals surface area (Å²) in [4.78, 5) is 17.3. The maximum Gasteiger partial charge on any atom is 0.260 e. The van der Waals surface area contributed by atoms with Gasteiger partial charge in [-0.25, -0.2) is 18.1 Å². The summed E-state index contributed by atoms with van der Waals surface area (Å²) < 4.78 is 27.7. The van der Waals surface area contributed by atoms with Gasteiger partial charge in [0.05, 0.1) is 12.9 Å². The van der Waals surface area contributed by atoms with Crippen molar-refractivity contribution in [2.24, 2.45) is 7.05 Å². The van der Waals surface area contributed by atoms with Crippen LogP contribution >= 0.6 is 0 Å². The molecule has 1 aliphatic rings. The number of aryl methyl sites for hydroxylation is 1. The van der Waals surface area contributed by atoms with E-state index < -0.39 is 10.0 Å². The molecule has 2 N–H and O–H groups in total. The van der Waals surface area contributed by atoms with Crippen LogP contribution in [0.5, 0.6) is 0 Å². The Balaban J connectivity index is 1.92. The quantitative estimate of drug-likeness (QED) is 0.691. The second kappa shape index (κ2) is 5.90. The van der Waals surface area contributed by atoms with E-state index in [0.29, 0.717) is 0 Å². The lowest BCUT2D eigenvalue weighted by Gasteiger charge is -2.23. The first-order valence-corrected chi connectivity index (χ1v) is 7.82. The van der Waals surface area contributed by atoms with Crippen molar-refractivity contribution in [3.8, 4) is 0 Å². The molecular weight excluding hydrogens is 282 g/mol. The van der Waals surface area contributed by atoms with E-state index in [1.807, 2.05) is 0 Å². The van der Waals surface area contributed by atoms with Crippen molar-refractivity contribution in [1.29, 1.82) is 0 Å². The van der Waals surface area contributed by atoms with Crippen LogP contribution in [0, 0.1) is 0 Å². The zero-order chi connectivity index (χ0) is 14.8. The first-order valence-electron chi connectivity index (χ1n) is 6.34. The Morgan fingerprint density at radius 1 is 1.65 bits per heavy atom. The summed E-state index contributed by atoms with van der Waals surface area (Å²) in [6.07, 6.45) is 3.67. The zero-order valence-electron chi connectivity index (χ0n) is 11.5. The van der Waals surface area contributed by atoms with Gasteiger partial charge in [-0.05, 0) is 13.0 Å². The van der Waals surface area contributed by atoms with E-state index in [1.54, 1.807) is 19.0 Å². The van der Waals surface area contributed by atoms with E-state index in [1.165, 1.54) is 17.1 Å². The molecule has 1 unspecified atom stereocenters. The van der Waals surface area contributed by atoms with Crippen LogP contribution in [0.2, 0.25) is 0 Å². The third-order valence-electron chi connectivity index (χ3n) is 3.35. The highest BCUT2D eigenvalue weighted by Crippen LogP contribution is 2.07. The van der Waals surface area contributed by atoms with Crippen LogP contribution in [0.4, 0.5) is 0 Å². The molecule has 0 bridgehead atoms. The van der Waals surface area contributed by atoms with Gasteiger partial charge in [-0.1, -0.05) is 0 Å². The third kappa shape index (κ3) is 3.35. The number of carbonyl (C=O) groups is 1. The van der Waals surface area contributed by atoms with Gasteiger partial charge < -0.3 is 14.8 Å². The van der Waals surface area contributed by atoms with Crippen LogP contribution in [-0.2, 0) is 21.9 Å². The Bertz CT molecular complexity index is 577. The number of rotatable bonds is 5. The van der Waals surface area contributed by atoms with Gasteiger partial charge in [0.25, 0.3) is 10.0 Å². The van der Waals surface area contributed by atoms with Crippen molar-refractivity contribution in [3.05, 3.63) is 12.5 Å². The second-order valence-corrected chi connectivity index (χ2v) is 6.57. The smallest absolute Gasteiger partial charge is 0.260 e. The molecule has 1 aromatic rings. The second-order valence-electron chi connectivity index (χ2n) is 4.85. The van der Waals surface area contributed by atoms with Crippen molar-refractivity contribution in [2.45, 2.75) is 17.5 Å². The normalized spacial score (nSPS) is 19.2. The topological polar surface area (TPSA) is 96.3 Å². The van der Waals surface area contributed by atoms with Gasteiger partial charge in [0.2, 0.25) is 5.91 Å². The van der Waals surface area contributed by atoms with Crippen LogP contribution in [0.25, 0.3) is 0 Å². The van der Waals surface area contributed by atoms with E-state index >= 15 is 0 Å². The van der Waals surface area contributed by atoms with E-state index in [2.05, 4.69) is 15.0 Å². The van der Waals surface area contributed by atoms with Crippen LogP contribution < -0.4 is 10.0 Å². The number of sulfonamides is 1. The van der Waals surface area contributed by atoms with Gasteiger partial charge in [-0.2, -0.15) is 0 Å². The zero-order valence-corrected chi connectivity index (χ0v) is 12.4. The lowest BCUT2D eigenvalue weighted by Crippen LogP contribution is -2.44. The number of hydrogen-bond donors (Lipinski definition) is 2. The Labute approximate surface area is 118 Å². The van der Waals surface area contributed by atoms with Crippen LogP contribution in [0.1, 0.15) is 6.42 Å². The summed E-state index contributed by atoms with van der Waals surface area (Å²) in [7, 11) is -0.368. The summed E-state index contributed by atoms with van der Waals surface area (Å²) >= 11 is 0. The van der Waals surface area contributed by atoms with Crippen molar-refractivity contribution >= 4 is 15.9 Å². The molecule has 2 heterocycles. The molecule has 0 saturated carbocycles. The molecule has 1 aromatic heterocycles. The van der Waals surface area contributed by atoms with Crippen LogP contribution in [-0.4, -0.2) is 61.5 Å². The number of imidazole rings is 1. The van der Waals surface area contributed by atoms with Gasteiger partial charge in [0.15, 0.2) is 5.03 Å². The first-order chi connectivity index (χ1) is 9.40. The molecule has 2 rings (SSSR count). The minimum Gasteiger partial charge on any atom is -0.340 e. The van der Waals surface area contributed by atoms with Crippen molar-refractivity contribution in [2.75, 3.05) is 26.7 Å². The summed E-state index contributed by atoms with van der Waals surface area (Å²) in [6.45, 7) is 1.36. The molecule has 112 valence electrons. The molecule has 0 radical (unpaired) electrons. The van der Waals surface area contributed by atoms with Gasteiger partial charge in [0, 0.05) is 32.9 Å². The molecule has 9 heteroatoms. The van der Waals surface area contributed by atoms with Crippen LogP contribution in [0.15, 0.2) is 17.6 Å². The molecule has 1 fully saturated rings. The number of amides is 1. The highest BCUT2D eigenvalue weighted by Gasteiger charge is 2.25. The Morgan fingerprint density at radius 2 is 2.40 bits per heavy atom. The van der Waals surface area contributed by atoms with Crippen molar-refractivity contribution < 1.29 is 13.2 Å². The maximum absolute atomic E-state index is 12.0. The number of carbonyl (C=O) groups excluding carboxylic acids is 1. The number of nitrogens with one attached hydrogen (secondary N) is 2. The molecule has 8 nitrogen and oxygen atoms in total. The monoisotopic (exact) mass is 301 g/mol. The van der Waals surface area contributed by atoms with Gasteiger partial charge >= 0.3 is 0 Å². The number of nitrogens with zero attached hydrogens (tertiary/aromatic N) is 3. The molecule has 0 aliphatic carbocycles. The van der Waals surface area contributed by atoms with Gasteiger partial charge in [-0.15, -0.1) is 0 Å². The van der Waals surface area contributed by atoms with E-state index in [4.69, 9.17) is 0 Å². The standard InChI is InChI=1S/C11H19N5O3S/c1-15-7-10(13-8-15)20(18,19)14-6-11(17)16(2)9-3-4-12-5-9/h7-9,12,14H,3-6H2,1-2H3. The molecule has 1 saturated heterocycles. The largest absolute Gasteiger partial charge is 0.340 e. The molecular formula is C11H19N5O3S. The van der Waals surface area contributed by atoms with E-state index in [0.717, 1.165) is 19.5 Å². The summed E-state index contributed by atoms with van der Waals surface area (Å²) in [5.74, 6) is -0.252. The van der Waals surface area contributed by atoms with Gasteiger partial charge in [0.1, 0.15) is 0 Å². The number of hydrogen-bond acceptors (Lipinski definition) is 5. The fraction of sp³-hybridized carbons (Fsp3) is 0.636. The van der Waals surface area contributed by atoms with Crippen molar-refractivity contribution in [1.82, 2.24) is 24.5 Å². The minimum absolute atomic E-state index is 0.0852. The molecule has 1 atom stereocenters. The van der Waals surface area contributed by atoms with Crippen LogP contribution in [0.3, 0.4) is 0 Å². The predicted octanol–water partition coefficient (Wildman–Crippen LogP) is -1.48. The Morgan fingerprint density at radius 3 is 2.95 bits per heavy atom. The fourth-order valence-electron chi connectivity index (χ4n) is 2.06. The lowest BCUT2D eigenvalue weighted by molar-refractivity contribution is -0.130. The average Bonchev–Trinajstić information content (AvgIpc) is 3.06. The summed E-state index contributed by atoms with van der Waals surface area (Å²) in [6, 6.07) is 0.127. The maximum atomic E-state index is 12.0. The number of aromatic nitrogens is 2. The lowest BCUT2D eigenvalue weighted by atomic mass is 10.2. The predicted molar refractivity (Wildman–Crippen MR) is 72.4 cm³/mol. The highest BCUT2D eigenvalue weighted by atomic mass is 32.2. The third-order valence-corrected chi connectivity index (χ3v) is 4.63.